The van der Waals surface area contributed by atoms with Crippen LogP contribution in [-0.2, 0) is 9.53 Å². The first-order chi connectivity index (χ1) is 8.52. The summed E-state index contributed by atoms with van der Waals surface area (Å²) in [5.41, 5.74) is 1.61. The molecule has 0 aromatic heterocycles. The molecule has 2 rings (SSSR count). The van der Waals surface area contributed by atoms with Crippen molar-refractivity contribution in [2.24, 2.45) is 5.92 Å². The monoisotopic (exact) mass is 311 g/mol. The number of aryl methyl sites for hydroxylation is 1. The molecule has 0 aliphatic carbocycles. The Bertz CT molecular complexity index is 495. The summed E-state index contributed by atoms with van der Waals surface area (Å²) < 4.78 is 5.60. The zero-order valence-electron chi connectivity index (χ0n) is 10.3. The van der Waals surface area contributed by atoms with Gasteiger partial charge in [0, 0.05) is 23.1 Å². The van der Waals surface area contributed by atoms with Crippen molar-refractivity contribution in [2.45, 2.75) is 6.92 Å². The zero-order chi connectivity index (χ0) is 13.3. The topological polar surface area (TPSA) is 46.6 Å². The molecular formula is C13H14BrNO3. The number of amides is 1. The van der Waals surface area contributed by atoms with Crippen molar-refractivity contribution >= 4 is 27.8 Å². The summed E-state index contributed by atoms with van der Waals surface area (Å²) in [5, 5.41) is 0. The number of rotatable bonds is 2. The molecule has 5 heteroatoms. The number of benzene rings is 1. The number of likely N-dealkylation sites (tertiary alicyclic amines) is 1. The van der Waals surface area contributed by atoms with Crippen molar-refractivity contribution in [3.63, 3.8) is 0 Å². The average Bonchev–Trinajstić information content (AvgIpc) is 2.26. The van der Waals surface area contributed by atoms with E-state index in [2.05, 4.69) is 20.7 Å². The van der Waals surface area contributed by atoms with Gasteiger partial charge in [-0.1, -0.05) is 15.9 Å². The Hall–Kier alpha value is -1.36. The molecular weight excluding hydrogens is 298 g/mol. The Balaban J connectivity index is 2.04. The van der Waals surface area contributed by atoms with E-state index < -0.39 is 0 Å². The smallest absolute Gasteiger partial charge is 0.312 e. The molecule has 0 bridgehead atoms. The third kappa shape index (κ3) is 2.41. The highest BCUT2D eigenvalue weighted by atomic mass is 79.9. The molecule has 0 unspecified atom stereocenters. The van der Waals surface area contributed by atoms with Gasteiger partial charge in [-0.05, 0) is 30.7 Å². The summed E-state index contributed by atoms with van der Waals surface area (Å²) in [7, 11) is 1.37. The zero-order valence-corrected chi connectivity index (χ0v) is 11.9. The summed E-state index contributed by atoms with van der Waals surface area (Å²) in [6.45, 7) is 2.79. The molecule has 0 spiro atoms. The Morgan fingerprint density at radius 2 is 2.06 bits per heavy atom. The first-order valence-corrected chi connectivity index (χ1v) is 6.45. The normalized spacial score (nSPS) is 15.2. The number of nitrogens with zero attached hydrogens (tertiary/aromatic N) is 1. The van der Waals surface area contributed by atoms with Gasteiger partial charge in [-0.25, -0.2) is 0 Å². The largest absolute Gasteiger partial charge is 0.469 e. The van der Waals surface area contributed by atoms with Crippen LogP contribution >= 0.6 is 15.9 Å². The number of carbonyl (C=O) groups is 2. The summed E-state index contributed by atoms with van der Waals surface area (Å²) in [5.74, 6) is -0.443. The van der Waals surface area contributed by atoms with Crippen LogP contribution in [0.4, 0.5) is 0 Å². The van der Waals surface area contributed by atoms with E-state index in [1.54, 1.807) is 11.0 Å². The summed E-state index contributed by atoms with van der Waals surface area (Å²) in [6, 6.07) is 5.55. The van der Waals surface area contributed by atoms with Crippen molar-refractivity contribution in [1.82, 2.24) is 4.90 Å². The van der Waals surface area contributed by atoms with Crippen LogP contribution in [0.5, 0.6) is 0 Å². The second-order valence-electron chi connectivity index (χ2n) is 4.39. The van der Waals surface area contributed by atoms with Crippen LogP contribution in [0.1, 0.15) is 15.9 Å². The van der Waals surface area contributed by atoms with Crippen molar-refractivity contribution in [1.29, 1.82) is 0 Å². The van der Waals surface area contributed by atoms with Crippen LogP contribution in [0.3, 0.4) is 0 Å². The summed E-state index contributed by atoms with van der Waals surface area (Å²) in [6.07, 6.45) is 0. The van der Waals surface area contributed by atoms with Gasteiger partial charge < -0.3 is 9.64 Å². The van der Waals surface area contributed by atoms with Gasteiger partial charge in [0.05, 0.1) is 13.0 Å². The molecule has 0 radical (unpaired) electrons. The number of ether oxygens (including phenoxy) is 1. The van der Waals surface area contributed by atoms with Crippen molar-refractivity contribution in [3.05, 3.63) is 33.8 Å². The van der Waals surface area contributed by atoms with Gasteiger partial charge in [-0.2, -0.15) is 0 Å². The number of esters is 1. The first-order valence-electron chi connectivity index (χ1n) is 5.66. The molecule has 0 saturated carbocycles. The van der Waals surface area contributed by atoms with Gasteiger partial charge >= 0.3 is 5.97 Å². The fourth-order valence-electron chi connectivity index (χ4n) is 2.00. The van der Waals surface area contributed by atoms with E-state index in [1.165, 1.54) is 7.11 Å². The van der Waals surface area contributed by atoms with E-state index >= 15 is 0 Å². The Morgan fingerprint density at radius 1 is 1.39 bits per heavy atom. The lowest BCUT2D eigenvalue weighted by Crippen LogP contribution is -2.53. The maximum Gasteiger partial charge on any atom is 0.312 e. The summed E-state index contributed by atoms with van der Waals surface area (Å²) in [4.78, 5) is 25.1. The van der Waals surface area contributed by atoms with Gasteiger partial charge in [-0.15, -0.1) is 0 Å². The molecule has 1 fully saturated rings. The van der Waals surface area contributed by atoms with E-state index in [0.717, 1.165) is 10.0 Å². The predicted molar refractivity (Wildman–Crippen MR) is 70.3 cm³/mol. The van der Waals surface area contributed by atoms with Gasteiger partial charge in [0.1, 0.15) is 0 Å². The SMILES string of the molecule is COC(=O)C1CN(C(=O)c2ccc(Br)cc2C)C1. The standard InChI is InChI=1S/C13H14BrNO3/c1-8-5-10(14)3-4-11(8)12(16)15-6-9(7-15)13(17)18-2/h3-5,9H,6-7H2,1-2H3. The van der Waals surface area contributed by atoms with E-state index in [4.69, 9.17) is 0 Å². The van der Waals surface area contributed by atoms with Crippen molar-refractivity contribution in [2.75, 3.05) is 20.2 Å². The van der Waals surface area contributed by atoms with Crippen LogP contribution in [0, 0.1) is 12.8 Å². The maximum atomic E-state index is 12.2. The lowest BCUT2D eigenvalue weighted by Gasteiger charge is -2.37. The molecule has 1 saturated heterocycles. The second-order valence-corrected chi connectivity index (χ2v) is 5.31. The van der Waals surface area contributed by atoms with Gasteiger partial charge in [0.25, 0.3) is 5.91 Å². The molecule has 0 atom stereocenters. The quantitative estimate of drug-likeness (QED) is 0.785. The Kier molecular flexibility index (Phi) is 3.71. The lowest BCUT2D eigenvalue weighted by molar-refractivity contribution is -0.149. The van der Waals surface area contributed by atoms with E-state index in [9.17, 15) is 9.59 Å². The third-order valence-electron chi connectivity index (χ3n) is 3.12. The number of methoxy groups -OCH3 is 1. The molecule has 0 N–H and O–H groups in total. The maximum absolute atomic E-state index is 12.2. The highest BCUT2D eigenvalue weighted by molar-refractivity contribution is 9.10. The minimum Gasteiger partial charge on any atom is -0.469 e. The Labute approximate surface area is 114 Å². The molecule has 1 aromatic carbocycles. The minimum absolute atomic E-state index is 0.0276. The lowest BCUT2D eigenvalue weighted by atomic mass is 9.98. The third-order valence-corrected chi connectivity index (χ3v) is 3.62. The van der Waals surface area contributed by atoms with Crippen molar-refractivity contribution < 1.29 is 14.3 Å². The highest BCUT2D eigenvalue weighted by Crippen LogP contribution is 2.23. The molecule has 4 nitrogen and oxygen atoms in total. The predicted octanol–water partition coefficient (Wildman–Crippen LogP) is 2.00. The van der Waals surface area contributed by atoms with Gasteiger partial charge in [0.2, 0.25) is 0 Å². The number of halogens is 1. The molecule has 1 aliphatic rings. The van der Waals surface area contributed by atoms with E-state index in [0.29, 0.717) is 18.7 Å². The van der Waals surface area contributed by atoms with Crippen LogP contribution in [0.15, 0.2) is 22.7 Å². The Morgan fingerprint density at radius 3 is 2.61 bits per heavy atom. The molecule has 1 heterocycles. The molecule has 1 amide bonds. The van der Waals surface area contributed by atoms with Crippen molar-refractivity contribution in [3.8, 4) is 0 Å². The van der Waals surface area contributed by atoms with Crippen LogP contribution in [0.25, 0.3) is 0 Å². The van der Waals surface area contributed by atoms with Crippen LogP contribution < -0.4 is 0 Å². The summed E-state index contributed by atoms with van der Waals surface area (Å²) >= 11 is 3.37. The van der Waals surface area contributed by atoms with Gasteiger partial charge in [-0.3, -0.25) is 9.59 Å². The number of hydrogen-bond donors (Lipinski definition) is 0. The van der Waals surface area contributed by atoms with Gasteiger partial charge in [0.15, 0.2) is 0 Å². The molecule has 96 valence electrons. The second kappa shape index (κ2) is 5.10. The number of hydrogen-bond acceptors (Lipinski definition) is 3. The fraction of sp³-hybridized carbons (Fsp3) is 0.385. The van der Waals surface area contributed by atoms with E-state index in [1.807, 2.05) is 19.1 Å². The van der Waals surface area contributed by atoms with Crippen LogP contribution in [-0.4, -0.2) is 37.0 Å². The fourth-order valence-corrected chi connectivity index (χ4v) is 2.47. The minimum atomic E-state index is -0.244. The van der Waals surface area contributed by atoms with Crippen LogP contribution in [0.2, 0.25) is 0 Å². The molecule has 18 heavy (non-hydrogen) atoms. The average molecular weight is 312 g/mol. The highest BCUT2D eigenvalue weighted by Gasteiger charge is 2.36. The number of carbonyl (C=O) groups excluding carboxylic acids is 2. The molecule has 1 aromatic rings. The first kappa shape index (κ1) is 13.1. The van der Waals surface area contributed by atoms with E-state index in [-0.39, 0.29) is 17.8 Å². The molecule has 1 aliphatic heterocycles.